The second kappa shape index (κ2) is 10.4. The van der Waals surface area contributed by atoms with Crippen molar-refractivity contribution >= 4 is 5.69 Å². The Balaban J connectivity index is 2.00. The fraction of sp³-hybridized carbons (Fsp3) is 0.419. The summed E-state index contributed by atoms with van der Waals surface area (Å²) in [6, 6.07) is 26.9. The average molecular weight is 428 g/mol. The van der Waals surface area contributed by atoms with Crippen LogP contribution in [0.25, 0.3) is 0 Å². The molecular formula is C31H41N. The molecule has 2 atom stereocenters. The van der Waals surface area contributed by atoms with Gasteiger partial charge in [-0.3, -0.25) is 0 Å². The number of nitrogens with two attached hydrogens (primary N) is 1. The van der Waals surface area contributed by atoms with Crippen molar-refractivity contribution < 1.29 is 0 Å². The van der Waals surface area contributed by atoms with Gasteiger partial charge < -0.3 is 5.73 Å². The lowest BCUT2D eigenvalue weighted by molar-refractivity contribution is 0.299. The van der Waals surface area contributed by atoms with Crippen molar-refractivity contribution in [3.05, 3.63) is 101 Å². The van der Waals surface area contributed by atoms with Gasteiger partial charge in [-0.05, 0) is 63.6 Å². The van der Waals surface area contributed by atoms with Gasteiger partial charge in [-0.2, -0.15) is 0 Å². The van der Waals surface area contributed by atoms with E-state index in [4.69, 9.17) is 5.73 Å². The van der Waals surface area contributed by atoms with E-state index >= 15 is 0 Å². The molecule has 2 N–H and O–H groups in total. The normalized spacial score (nSPS) is 13.8. The van der Waals surface area contributed by atoms with Crippen LogP contribution in [0.4, 0.5) is 5.69 Å². The highest BCUT2D eigenvalue weighted by molar-refractivity contribution is 5.48. The van der Waals surface area contributed by atoms with Crippen LogP contribution in [0.15, 0.2) is 72.8 Å². The summed E-state index contributed by atoms with van der Waals surface area (Å²) in [4.78, 5) is 0. The molecular weight excluding hydrogens is 386 g/mol. The summed E-state index contributed by atoms with van der Waals surface area (Å²) in [5.74, 6) is 1.32. The summed E-state index contributed by atoms with van der Waals surface area (Å²) in [6.45, 7) is 13.9. The molecule has 0 aliphatic rings. The predicted molar refractivity (Wildman–Crippen MR) is 140 cm³/mol. The van der Waals surface area contributed by atoms with Gasteiger partial charge in [0.15, 0.2) is 0 Å². The zero-order valence-corrected chi connectivity index (χ0v) is 20.9. The molecule has 32 heavy (non-hydrogen) atoms. The van der Waals surface area contributed by atoms with E-state index in [1.165, 1.54) is 47.1 Å². The molecule has 0 fully saturated rings. The van der Waals surface area contributed by atoms with Crippen molar-refractivity contribution in [3.8, 4) is 0 Å². The summed E-state index contributed by atoms with van der Waals surface area (Å²) in [5, 5.41) is 0. The number of hydrogen-bond acceptors (Lipinski definition) is 1. The first-order valence-electron chi connectivity index (χ1n) is 12.3. The topological polar surface area (TPSA) is 26.0 Å². The van der Waals surface area contributed by atoms with Gasteiger partial charge >= 0.3 is 0 Å². The molecule has 0 radical (unpaired) electrons. The van der Waals surface area contributed by atoms with Crippen LogP contribution in [0.2, 0.25) is 0 Å². The molecule has 1 heteroatoms. The van der Waals surface area contributed by atoms with Gasteiger partial charge in [-0.25, -0.2) is 0 Å². The minimum absolute atomic E-state index is 0.203. The molecule has 3 aromatic rings. The summed E-state index contributed by atoms with van der Waals surface area (Å²) in [5.41, 5.74) is 13.8. The molecule has 3 rings (SSSR count). The third kappa shape index (κ3) is 5.82. The van der Waals surface area contributed by atoms with Crippen LogP contribution in [-0.4, -0.2) is 0 Å². The van der Waals surface area contributed by atoms with Crippen molar-refractivity contribution in [1.29, 1.82) is 0 Å². The molecule has 1 nitrogen and oxygen atoms in total. The lowest BCUT2D eigenvalue weighted by Gasteiger charge is -2.32. The Hall–Kier alpha value is -2.54. The van der Waals surface area contributed by atoms with Gasteiger partial charge in [-0.15, -0.1) is 0 Å². The maximum absolute atomic E-state index is 5.99. The largest absolute Gasteiger partial charge is 0.399 e. The number of rotatable bonds is 8. The lowest BCUT2D eigenvalue weighted by atomic mass is 9.73. The van der Waals surface area contributed by atoms with Crippen LogP contribution in [0.5, 0.6) is 0 Å². The predicted octanol–water partition coefficient (Wildman–Crippen LogP) is 8.89. The zero-order valence-electron chi connectivity index (χ0n) is 20.9. The fourth-order valence-electron chi connectivity index (χ4n) is 4.77. The van der Waals surface area contributed by atoms with Gasteiger partial charge in [0.25, 0.3) is 0 Å². The number of benzene rings is 3. The highest BCUT2D eigenvalue weighted by Crippen LogP contribution is 2.40. The SMILES string of the molecule is CCCCC(c1ccc(C(c2ccc(N)cc2)c2ccc(C(C)C)cc2)cc1)C(C)(C)C. The lowest BCUT2D eigenvalue weighted by Crippen LogP contribution is -2.18. The molecule has 0 aliphatic heterocycles. The zero-order chi connectivity index (χ0) is 23.3. The molecule has 3 aromatic carbocycles. The van der Waals surface area contributed by atoms with Crippen LogP contribution >= 0.6 is 0 Å². The monoisotopic (exact) mass is 427 g/mol. The van der Waals surface area contributed by atoms with Gasteiger partial charge in [0, 0.05) is 11.6 Å². The van der Waals surface area contributed by atoms with E-state index in [2.05, 4.69) is 102 Å². The van der Waals surface area contributed by atoms with Crippen molar-refractivity contribution in [2.75, 3.05) is 5.73 Å². The molecule has 0 heterocycles. The average Bonchev–Trinajstić information content (AvgIpc) is 2.76. The first-order chi connectivity index (χ1) is 15.2. The first kappa shape index (κ1) is 24.1. The van der Waals surface area contributed by atoms with E-state index in [1.807, 2.05) is 12.1 Å². The van der Waals surface area contributed by atoms with Gasteiger partial charge in [-0.1, -0.05) is 115 Å². The maximum atomic E-state index is 5.99. The summed E-state index contributed by atoms with van der Waals surface area (Å²) < 4.78 is 0. The summed E-state index contributed by atoms with van der Waals surface area (Å²) in [7, 11) is 0. The Labute approximate surface area is 196 Å². The van der Waals surface area contributed by atoms with Crippen LogP contribution in [0, 0.1) is 5.41 Å². The minimum Gasteiger partial charge on any atom is -0.399 e. The summed E-state index contributed by atoms with van der Waals surface area (Å²) in [6.07, 6.45) is 3.77. The second-order valence-corrected chi connectivity index (χ2v) is 10.6. The van der Waals surface area contributed by atoms with Crippen molar-refractivity contribution in [3.63, 3.8) is 0 Å². The van der Waals surface area contributed by atoms with Gasteiger partial charge in [0.05, 0.1) is 0 Å². The van der Waals surface area contributed by atoms with E-state index < -0.39 is 0 Å². The molecule has 0 amide bonds. The summed E-state index contributed by atoms with van der Waals surface area (Å²) >= 11 is 0. The Kier molecular flexibility index (Phi) is 7.82. The molecule has 170 valence electrons. The van der Waals surface area contributed by atoms with Crippen LogP contribution in [0.3, 0.4) is 0 Å². The Bertz CT molecular complexity index is 957. The maximum Gasteiger partial charge on any atom is 0.0340 e. The first-order valence-corrected chi connectivity index (χ1v) is 12.3. The van der Waals surface area contributed by atoms with Crippen molar-refractivity contribution in [2.45, 2.75) is 78.6 Å². The Morgan fingerprint density at radius 1 is 0.656 bits per heavy atom. The molecule has 0 bridgehead atoms. The smallest absolute Gasteiger partial charge is 0.0340 e. The fourth-order valence-corrected chi connectivity index (χ4v) is 4.77. The van der Waals surface area contributed by atoms with Gasteiger partial charge in [0.1, 0.15) is 0 Å². The molecule has 0 spiro atoms. The molecule has 0 aromatic heterocycles. The van der Waals surface area contributed by atoms with Crippen LogP contribution < -0.4 is 5.73 Å². The van der Waals surface area contributed by atoms with E-state index in [0.29, 0.717) is 11.8 Å². The molecule has 0 saturated carbocycles. The van der Waals surface area contributed by atoms with E-state index in [9.17, 15) is 0 Å². The number of hydrogen-bond donors (Lipinski definition) is 1. The van der Waals surface area contributed by atoms with Crippen LogP contribution in [0.1, 0.15) is 106 Å². The minimum atomic E-state index is 0.203. The molecule has 0 saturated heterocycles. The number of anilines is 1. The van der Waals surface area contributed by atoms with Gasteiger partial charge in [0.2, 0.25) is 0 Å². The highest BCUT2D eigenvalue weighted by atomic mass is 14.5. The molecule has 0 aliphatic carbocycles. The third-order valence-corrected chi connectivity index (χ3v) is 6.77. The van der Waals surface area contributed by atoms with Crippen molar-refractivity contribution in [1.82, 2.24) is 0 Å². The second-order valence-electron chi connectivity index (χ2n) is 10.6. The number of nitrogen functional groups attached to an aromatic ring is 1. The standard InChI is InChI=1S/C31H41N/c1-7-8-9-29(31(4,5)6)24-12-16-26(17-13-24)30(27-18-20-28(32)21-19-27)25-14-10-23(11-15-25)22(2)3/h10-22,29-30H,7-9,32H2,1-6H3. The number of unbranched alkanes of at least 4 members (excludes halogenated alkanes) is 1. The van der Waals surface area contributed by atoms with E-state index in [0.717, 1.165) is 5.69 Å². The van der Waals surface area contributed by atoms with Crippen molar-refractivity contribution in [2.24, 2.45) is 5.41 Å². The quantitative estimate of drug-likeness (QED) is 0.282. The molecule has 2 unspecified atom stereocenters. The van der Waals surface area contributed by atoms with Crippen LogP contribution in [-0.2, 0) is 0 Å². The van der Waals surface area contributed by atoms with E-state index in [-0.39, 0.29) is 11.3 Å². The van der Waals surface area contributed by atoms with E-state index in [1.54, 1.807) is 0 Å². The highest BCUT2D eigenvalue weighted by Gasteiger charge is 2.26. The Morgan fingerprint density at radius 3 is 1.47 bits per heavy atom. The Morgan fingerprint density at radius 2 is 1.06 bits per heavy atom. The third-order valence-electron chi connectivity index (χ3n) is 6.77.